The van der Waals surface area contributed by atoms with Crippen LogP contribution in [0.4, 0.5) is 0 Å². The topological polar surface area (TPSA) is 66.9 Å². The highest BCUT2D eigenvalue weighted by Gasteiger charge is 2.32. The number of hydrogen-bond acceptors (Lipinski definition) is 4. The molecule has 0 bridgehead atoms. The van der Waals surface area contributed by atoms with Gasteiger partial charge in [-0.05, 0) is 43.5 Å². The number of nitrogens with zero attached hydrogens (tertiary/aromatic N) is 2. The monoisotopic (exact) mass is 368 g/mol. The van der Waals surface area contributed by atoms with Crippen LogP contribution in [0.15, 0.2) is 11.0 Å². The molecule has 0 N–H and O–H groups in total. The second-order valence-electron chi connectivity index (χ2n) is 6.86. The van der Waals surface area contributed by atoms with Crippen LogP contribution in [0, 0.1) is 26.7 Å². The van der Waals surface area contributed by atoms with Gasteiger partial charge in [0.25, 0.3) is 0 Å². The van der Waals surface area contributed by atoms with Crippen LogP contribution in [0.5, 0.6) is 5.75 Å². The first-order valence-electron chi connectivity index (χ1n) is 8.55. The molecule has 1 amide bonds. The van der Waals surface area contributed by atoms with Crippen molar-refractivity contribution in [2.75, 3.05) is 33.3 Å². The molecule has 1 aliphatic heterocycles. The summed E-state index contributed by atoms with van der Waals surface area (Å²) in [5.41, 5.74) is 2.36. The zero-order valence-electron chi connectivity index (χ0n) is 15.9. The lowest BCUT2D eigenvalue weighted by Gasteiger charge is -2.35. The van der Waals surface area contributed by atoms with Crippen LogP contribution >= 0.6 is 0 Å². The van der Waals surface area contributed by atoms with E-state index >= 15 is 0 Å². The third kappa shape index (κ3) is 3.67. The van der Waals surface area contributed by atoms with E-state index in [1.54, 1.807) is 18.1 Å². The number of methoxy groups -OCH3 is 1. The summed E-state index contributed by atoms with van der Waals surface area (Å²) in [6, 6.07) is 1.68. The van der Waals surface area contributed by atoms with Crippen molar-refractivity contribution in [3.63, 3.8) is 0 Å². The van der Waals surface area contributed by atoms with Gasteiger partial charge >= 0.3 is 0 Å². The van der Waals surface area contributed by atoms with Crippen LogP contribution in [-0.4, -0.2) is 56.8 Å². The summed E-state index contributed by atoms with van der Waals surface area (Å²) in [6.07, 6.45) is 0. The van der Waals surface area contributed by atoms with Crippen molar-refractivity contribution in [2.24, 2.45) is 5.92 Å². The molecule has 0 aliphatic carbocycles. The number of amides is 1. The Bertz CT molecular complexity index is 764. The third-order valence-corrected chi connectivity index (χ3v) is 6.87. The predicted molar refractivity (Wildman–Crippen MR) is 97.4 cm³/mol. The van der Waals surface area contributed by atoms with Gasteiger partial charge in [0, 0.05) is 32.1 Å². The number of ether oxygens (including phenoxy) is 1. The van der Waals surface area contributed by atoms with E-state index in [1.807, 2.05) is 34.6 Å². The molecule has 0 atom stereocenters. The molecule has 1 saturated heterocycles. The summed E-state index contributed by atoms with van der Waals surface area (Å²) in [5.74, 6) is 0.727. The highest BCUT2D eigenvalue weighted by atomic mass is 32.2. The van der Waals surface area contributed by atoms with Gasteiger partial charge in [-0.15, -0.1) is 0 Å². The van der Waals surface area contributed by atoms with Crippen molar-refractivity contribution in [1.29, 1.82) is 0 Å². The van der Waals surface area contributed by atoms with E-state index in [1.165, 1.54) is 4.31 Å². The fourth-order valence-corrected chi connectivity index (χ4v) is 5.04. The Morgan fingerprint density at radius 2 is 1.64 bits per heavy atom. The largest absolute Gasteiger partial charge is 0.496 e. The Kier molecular flexibility index (Phi) is 5.79. The summed E-state index contributed by atoms with van der Waals surface area (Å²) >= 11 is 0. The van der Waals surface area contributed by atoms with Gasteiger partial charge in [-0.25, -0.2) is 8.42 Å². The average molecular weight is 368 g/mol. The number of aryl methyl sites for hydroxylation is 1. The first-order valence-corrected chi connectivity index (χ1v) is 9.99. The predicted octanol–water partition coefficient (Wildman–Crippen LogP) is 2.11. The van der Waals surface area contributed by atoms with Gasteiger partial charge in [0.2, 0.25) is 15.9 Å². The van der Waals surface area contributed by atoms with E-state index in [0.29, 0.717) is 36.6 Å². The second-order valence-corrected chi connectivity index (χ2v) is 8.77. The Morgan fingerprint density at radius 1 is 1.08 bits per heavy atom. The standard InChI is InChI=1S/C18H28N2O4S/c1-12(2)18(21)19-7-9-20(10-8-19)25(22,23)16-11-13(3)17(24-6)15(5)14(16)4/h11-12H,7-10H2,1-6H3. The molecule has 0 saturated carbocycles. The highest BCUT2D eigenvalue weighted by Crippen LogP contribution is 2.32. The van der Waals surface area contributed by atoms with Crippen molar-refractivity contribution < 1.29 is 17.9 Å². The van der Waals surface area contributed by atoms with Crippen LogP contribution in [0.1, 0.15) is 30.5 Å². The number of carbonyl (C=O) groups excluding carboxylic acids is 1. The van der Waals surface area contributed by atoms with Gasteiger partial charge < -0.3 is 9.64 Å². The quantitative estimate of drug-likeness (QED) is 0.816. The lowest BCUT2D eigenvalue weighted by molar-refractivity contribution is -0.135. The van der Waals surface area contributed by atoms with Gasteiger partial charge in [-0.3, -0.25) is 4.79 Å². The highest BCUT2D eigenvalue weighted by molar-refractivity contribution is 7.89. The van der Waals surface area contributed by atoms with Crippen LogP contribution in [0.3, 0.4) is 0 Å². The Morgan fingerprint density at radius 3 is 2.12 bits per heavy atom. The first-order chi connectivity index (χ1) is 11.6. The minimum atomic E-state index is -3.59. The molecule has 0 unspecified atom stereocenters. The Labute approximate surface area is 150 Å². The fourth-order valence-electron chi connectivity index (χ4n) is 3.26. The molecular formula is C18H28N2O4S. The van der Waals surface area contributed by atoms with E-state index in [2.05, 4.69) is 0 Å². The first kappa shape index (κ1) is 19.7. The maximum Gasteiger partial charge on any atom is 0.243 e. The normalized spacial score (nSPS) is 16.4. The van der Waals surface area contributed by atoms with Crippen LogP contribution in [0.2, 0.25) is 0 Å². The van der Waals surface area contributed by atoms with Gasteiger partial charge in [0.1, 0.15) is 5.75 Å². The summed E-state index contributed by atoms with van der Waals surface area (Å²) in [4.78, 5) is 14.2. The minimum Gasteiger partial charge on any atom is -0.496 e. The fraction of sp³-hybridized carbons (Fsp3) is 0.611. The van der Waals surface area contributed by atoms with Crippen LogP contribution in [0.25, 0.3) is 0 Å². The molecule has 1 fully saturated rings. The SMILES string of the molecule is COc1c(C)cc(S(=O)(=O)N2CCN(C(=O)C(C)C)CC2)c(C)c1C. The minimum absolute atomic E-state index is 0.0720. The molecule has 6 nitrogen and oxygen atoms in total. The molecular weight excluding hydrogens is 340 g/mol. The van der Waals surface area contributed by atoms with Crippen molar-refractivity contribution in [3.05, 3.63) is 22.8 Å². The third-order valence-electron chi connectivity index (χ3n) is 4.84. The van der Waals surface area contributed by atoms with Crippen molar-refractivity contribution >= 4 is 15.9 Å². The van der Waals surface area contributed by atoms with Crippen LogP contribution in [-0.2, 0) is 14.8 Å². The molecule has 1 aromatic rings. The zero-order valence-corrected chi connectivity index (χ0v) is 16.7. The van der Waals surface area contributed by atoms with Gasteiger partial charge in [0.15, 0.2) is 0 Å². The molecule has 1 aromatic carbocycles. The number of hydrogen-bond donors (Lipinski definition) is 0. The van der Waals surface area contributed by atoms with E-state index in [4.69, 9.17) is 4.74 Å². The lowest BCUT2D eigenvalue weighted by Crippen LogP contribution is -2.51. The molecule has 0 radical (unpaired) electrons. The number of benzene rings is 1. The number of rotatable bonds is 4. The second kappa shape index (κ2) is 7.33. The number of sulfonamides is 1. The average Bonchev–Trinajstić information content (AvgIpc) is 2.57. The summed E-state index contributed by atoms with van der Waals surface area (Å²) < 4.78 is 33.1. The molecule has 2 rings (SSSR count). The molecule has 0 spiro atoms. The van der Waals surface area contributed by atoms with Crippen molar-refractivity contribution in [2.45, 2.75) is 39.5 Å². The van der Waals surface area contributed by atoms with Crippen molar-refractivity contribution in [3.8, 4) is 5.75 Å². The summed E-state index contributed by atoms with van der Waals surface area (Å²) in [6.45, 7) is 10.8. The van der Waals surface area contributed by atoms with E-state index in [0.717, 1.165) is 16.9 Å². The number of piperazine rings is 1. The van der Waals surface area contributed by atoms with E-state index < -0.39 is 10.0 Å². The molecule has 1 heterocycles. The zero-order chi connectivity index (χ0) is 18.9. The van der Waals surface area contributed by atoms with Gasteiger partial charge in [0.05, 0.1) is 12.0 Å². The van der Waals surface area contributed by atoms with Gasteiger partial charge in [-0.1, -0.05) is 13.8 Å². The maximum absolute atomic E-state index is 13.1. The number of carbonyl (C=O) groups is 1. The van der Waals surface area contributed by atoms with E-state index in [-0.39, 0.29) is 11.8 Å². The van der Waals surface area contributed by atoms with E-state index in [9.17, 15) is 13.2 Å². The smallest absolute Gasteiger partial charge is 0.243 e. The summed E-state index contributed by atoms with van der Waals surface area (Å²) in [7, 11) is -2.00. The molecule has 1 aliphatic rings. The molecule has 25 heavy (non-hydrogen) atoms. The lowest BCUT2D eigenvalue weighted by atomic mass is 10.1. The molecule has 7 heteroatoms. The van der Waals surface area contributed by atoms with Gasteiger partial charge in [-0.2, -0.15) is 4.31 Å². The molecule has 0 aromatic heterocycles. The molecule has 140 valence electrons. The Hall–Kier alpha value is -1.60. The summed E-state index contributed by atoms with van der Waals surface area (Å²) in [5, 5.41) is 0. The Balaban J connectivity index is 2.28. The van der Waals surface area contributed by atoms with Crippen molar-refractivity contribution in [1.82, 2.24) is 9.21 Å². The maximum atomic E-state index is 13.1. The van der Waals surface area contributed by atoms with Crippen LogP contribution < -0.4 is 4.74 Å².